The Morgan fingerprint density at radius 2 is 1.86 bits per heavy atom. The molecule has 0 N–H and O–H groups in total. The van der Waals surface area contributed by atoms with Gasteiger partial charge in [-0.3, -0.25) is 4.79 Å². The fourth-order valence-electron chi connectivity index (χ4n) is 2.39. The summed E-state index contributed by atoms with van der Waals surface area (Å²) in [6, 6.07) is 14.1. The molecule has 3 nitrogen and oxygen atoms in total. The van der Waals surface area contributed by atoms with Crippen LogP contribution in [0.5, 0.6) is 0 Å². The number of hydrogen-bond donors (Lipinski definition) is 0. The Balaban J connectivity index is 2.66. The van der Waals surface area contributed by atoms with Crippen molar-refractivity contribution in [2.45, 2.75) is 39.7 Å². The van der Waals surface area contributed by atoms with Gasteiger partial charge >= 0.3 is 0 Å². The number of aryl methyl sites for hydroxylation is 1. The maximum atomic E-state index is 12.6. The van der Waals surface area contributed by atoms with E-state index >= 15 is 0 Å². The zero-order chi connectivity index (χ0) is 15.4. The number of rotatable bonds is 4. The van der Waals surface area contributed by atoms with E-state index in [0.717, 1.165) is 17.7 Å². The van der Waals surface area contributed by atoms with Crippen molar-refractivity contribution in [3.05, 3.63) is 57.9 Å². The van der Waals surface area contributed by atoms with E-state index in [9.17, 15) is 4.79 Å². The summed E-state index contributed by atoms with van der Waals surface area (Å²) < 4.78 is 1.82. The van der Waals surface area contributed by atoms with Crippen LogP contribution < -0.4 is 5.56 Å². The molecule has 0 bridgehead atoms. The Kier molecular flexibility index (Phi) is 4.59. The van der Waals surface area contributed by atoms with Gasteiger partial charge < -0.3 is 4.57 Å². The van der Waals surface area contributed by atoms with Crippen LogP contribution in [0.2, 0.25) is 0 Å². The lowest BCUT2D eigenvalue weighted by Gasteiger charge is -2.19. The second-order valence-electron chi connectivity index (χ2n) is 5.38. The molecule has 1 unspecified atom stereocenters. The third-order valence-corrected chi connectivity index (χ3v) is 3.84. The van der Waals surface area contributed by atoms with Gasteiger partial charge in [-0.1, -0.05) is 42.8 Å². The van der Waals surface area contributed by atoms with Crippen LogP contribution in [0.4, 0.5) is 0 Å². The van der Waals surface area contributed by atoms with Gasteiger partial charge in [0.1, 0.15) is 0 Å². The summed E-state index contributed by atoms with van der Waals surface area (Å²) >= 11 is 0. The van der Waals surface area contributed by atoms with Gasteiger partial charge in [-0.25, -0.2) is 0 Å². The molecule has 0 spiro atoms. The molecule has 0 saturated heterocycles. The van der Waals surface area contributed by atoms with Crippen molar-refractivity contribution in [1.82, 2.24) is 4.57 Å². The second-order valence-corrected chi connectivity index (χ2v) is 5.38. The van der Waals surface area contributed by atoms with E-state index in [0.29, 0.717) is 5.56 Å². The standard InChI is InChI=1S/C18H20N2O/c1-4-14(3)20-17(15-7-5-13(2)6-8-15)10-9-16(11-12-19)18(20)21/h5-10,14H,4,11H2,1-3H3. The Morgan fingerprint density at radius 3 is 2.43 bits per heavy atom. The molecule has 0 aliphatic carbocycles. The third-order valence-electron chi connectivity index (χ3n) is 3.84. The zero-order valence-electron chi connectivity index (χ0n) is 12.8. The molecule has 3 heteroatoms. The Hall–Kier alpha value is -2.34. The predicted molar refractivity (Wildman–Crippen MR) is 85.2 cm³/mol. The first-order valence-corrected chi connectivity index (χ1v) is 7.27. The molecule has 0 amide bonds. The Bertz CT molecular complexity index is 720. The van der Waals surface area contributed by atoms with Crippen molar-refractivity contribution in [3.63, 3.8) is 0 Å². The van der Waals surface area contributed by atoms with E-state index in [1.54, 1.807) is 6.07 Å². The molecule has 1 aromatic heterocycles. The molecule has 0 saturated carbocycles. The number of hydrogen-bond acceptors (Lipinski definition) is 2. The number of pyridine rings is 1. The highest BCUT2D eigenvalue weighted by Gasteiger charge is 2.14. The van der Waals surface area contributed by atoms with E-state index < -0.39 is 0 Å². The summed E-state index contributed by atoms with van der Waals surface area (Å²) in [5.74, 6) is 0. The largest absolute Gasteiger partial charge is 0.305 e. The minimum atomic E-state index is -0.0519. The predicted octanol–water partition coefficient (Wildman–Crippen LogP) is 3.86. The van der Waals surface area contributed by atoms with Crippen molar-refractivity contribution in [3.8, 4) is 17.3 Å². The van der Waals surface area contributed by atoms with Crippen LogP contribution in [0, 0.1) is 18.3 Å². The molecule has 2 aromatic rings. The van der Waals surface area contributed by atoms with E-state index in [1.165, 1.54) is 5.56 Å². The summed E-state index contributed by atoms with van der Waals surface area (Å²) in [5, 5.41) is 8.85. The van der Waals surface area contributed by atoms with Gasteiger partial charge in [-0.15, -0.1) is 0 Å². The first kappa shape index (κ1) is 15.1. The van der Waals surface area contributed by atoms with Crippen molar-refractivity contribution >= 4 is 0 Å². The van der Waals surface area contributed by atoms with Crippen LogP contribution in [-0.4, -0.2) is 4.57 Å². The normalized spacial score (nSPS) is 11.9. The topological polar surface area (TPSA) is 45.8 Å². The van der Waals surface area contributed by atoms with Gasteiger partial charge in [0.25, 0.3) is 5.56 Å². The minimum absolute atomic E-state index is 0.0519. The smallest absolute Gasteiger partial charge is 0.255 e. The molecule has 108 valence electrons. The molecule has 1 heterocycles. The molecule has 0 aliphatic heterocycles. The van der Waals surface area contributed by atoms with E-state index in [-0.39, 0.29) is 18.0 Å². The lowest BCUT2D eigenvalue weighted by atomic mass is 10.1. The molecule has 2 rings (SSSR count). The van der Waals surface area contributed by atoms with Crippen LogP contribution in [0.15, 0.2) is 41.2 Å². The van der Waals surface area contributed by atoms with Crippen LogP contribution >= 0.6 is 0 Å². The van der Waals surface area contributed by atoms with Crippen LogP contribution in [0.3, 0.4) is 0 Å². The van der Waals surface area contributed by atoms with Crippen molar-refractivity contribution < 1.29 is 0 Å². The van der Waals surface area contributed by atoms with Gasteiger partial charge in [0.15, 0.2) is 0 Å². The molecule has 1 aromatic carbocycles. The summed E-state index contributed by atoms with van der Waals surface area (Å²) in [6.07, 6.45) is 1.03. The lowest BCUT2D eigenvalue weighted by Crippen LogP contribution is -2.27. The monoisotopic (exact) mass is 280 g/mol. The minimum Gasteiger partial charge on any atom is -0.305 e. The molecule has 0 aliphatic rings. The summed E-state index contributed by atoms with van der Waals surface area (Å²) in [6.45, 7) is 6.14. The highest BCUT2D eigenvalue weighted by molar-refractivity contribution is 5.60. The highest BCUT2D eigenvalue weighted by atomic mass is 16.1. The van der Waals surface area contributed by atoms with Gasteiger partial charge in [0, 0.05) is 11.6 Å². The third kappa shape index (κ3) is 3.05. The number of benzene rings is 1. The van der Waals surface area contributed by atoms with Crippen molar-refractivity contribution in [1.29, 1.82) is 5.26 Å². The fraction of sp³-hybridized carbons (Fsp3) is 0.333. The Morgan fingerprint density at radius 1 is 1.19 bits per heavy atom. The molecular weight excluding hydrogens is 260 g/mol. The zero-order valence-corrected chi connectivity index (χ0v) is 12.8. The molecular formula is C18H20N2O. The van der Waals surface area contributed by atoms with Crippen LogP contribution in [0.1, 0.15) is 37.4 Å². The van der Waals surface area contributed by atoms with Gasteiger partial charge in [0.05, 0.1) is 18.2 Å². The number of aromatic nitrogens is 1. The Labute approximate surface area is 125 Å². The van der Waals surface area contributed by atoms with E-state index in [2.05, 4.69) is 13.0 Å². The summed E-state index contributed by atoms with van der Waals surface area (Å²) in [7, 11) is 0. The molecule has 21 heavy (non-hydrogen) atoms. The average Bonchev–Trinajstić information content (AvgIpc) is 2.49. The van der Waals surface area contributed by atoms with Gasteiger partial charge in [-0.2, -0.15) is 5.26 Å². The quantitative estimate of drug-likeness (QED) is 0.853. The maximum Gasteiger partial charge on any atom is 0.255 e. The number of nitrogens with zero attached hydrogens (tertiary/aromatic N) is 2. The number of nitriles is 1. The van der Waals surface area contributed by atoms with Crippen LogP contribution in [-0.2, 0) is 6.42 Å². The summed E-state index contributed by atoms with van der Waals surface area (Å²) in [4.78, 5) is 12.6. The van der Waals surface area contributed by atoms with E-state index in [4.69, 9.17) is 5.26 Å². The van der Waals surface area contributed by atoms with Gasteiger partial charge in [0.2, 0.25) is 0 Å². The lowest BCUT2D eigenvalue weighted by molar-refractivity contribution is 0.517. The molecule has 1 atom stereocenters. The average molecular weight is 280 g/mol. The fourth-order valence-corrected chi connectivity index (χ4v) is 2.39. The summed E-state index contributed by atoms with van der Waals surface area (Å²) in [5.41, 5.74) is 3.65. The molecule has 0 radical (unpaired) electrons. The van der Waals surface area contributed by atoms with Crippen molar-refractivity contribution in [2.24, 2.45) is 0 Å². The van der Waals surface area contributed by atoms with Crippen molar-refractivity contribution in [2.75, 3.05) is 0 Å². The SMILES string of the molecule is CCC(C)n1c(-c2ccc(C)cc2)ccc(CC#N)c1=O. The highest BCUT2D eigenvalue weighted by Crippen LogP contribution is 2.23. The first-order chi connectivity index (χ1) is 10.1. The first-order valence-electron chi connectivity index (χ1n) is 7.27. The van der Waals surface area contributed by atoms with E-state index in [1.807, 2.05) is 48.7 Å². The van der Waals surface area contributed by atoms with Crippen LogP contribution in [0.25, 0.3) is 11.3 Å². The van der Waals surface area contributed by atoms with Gasteiger partial charge in [-0.05, 0) is 31.9 Å². The maximum absolute atomic E-state index is 12.6. The second kappa shape index (κ2) is 6.41. The molecule has 0 fully saturated rings.